The van der Waals surface area contributed by atoms with Crippen LogP contribution in [0.2, 0.25) is 5.02 Å². The van der Waals surface area contributed by atoms with Crippen molar-refractivity contribution in [3.8, 4) is 0 Å². The molecule has 1 heterocycles. The molecule has 212 valence electrons. The Balaban J connectivity index is 1.52. The van der Waals surface area contributed by atoms with Gasteiger partial charge in [0.1, 0.15) is 6.04 Å². The maximum absolute atomic E-state index is 13.4. The number of esters is 1. The molecule has 3 aromatic carbocycles. The lowest BCUT2D eigenvalue weighted by Gasteiger charge is -2.27. The summed E-state index contributed by atoms with van der Waals surface area (Å²) in [6.07, 6.45) is 0. The maximum Gasteiger partial charge on any atom is 0.330 e. The van der Waals surface area contributed by atoms with Gasteiger partial charge >= 0.3 is 5.97 Å². The van der Waals surface area contributed by atoms with Crippen LogP contribution in [0.1, 0.15) is 50.5 Å². The van der Waals surface area contributed by atoms with Gasteiger partial charge in [-0.05, 0) is 87.8 Å². The van der Waals surface area contributed by atoms with E-state index in [0.717, 1.165) is 4.90 Å². The molecule has 0 radical (unpaired) electrons. The Morgan fingerprint density at radius 2 is 1.44 bits per heavy atom. The highest BCUT2D eigenvalue weighted by molar-refractivity contribution is 9.15. The molecule has 1 N–H and O–H groups in total. The molecule has 0 aliphatic carbocycles. The van der Waals surface area contributed by atoms with Gasteiger partial charge in [-0.15, -0.1) is 0 Å². The lowest BCUT2D eigenvalue weighted by atomic mass is 10.0. The van der Waals surface area contributed by atoms with Crippen LogP contribution in [0.3, 0.4) is 0 Å². The van der Waals surface area contributed by atoms with E-state index in [1.165, 1.54) is 18.2 Å². The van der Waals surface area contributed by atoms with E-state index in [4.69, 9.17) is 16.3 Å². The Bertz CT molecular complexity index is 1570. The van der Waals surface area contributed by atoms with Crippen molar-refractivity contribution in [1.29, 1.82) is 0 Å². The molecule has 8 nitrogen and oxygen atoms in total. The first-order valence-electron chi connectivity index (χ1n) is 11.9. The second-order valence-electron chi connectivity index (χ2n) is 9.22. The molecule has 1 aliphatic heterocycles. The lowest BCUT2D eigenvalue weighted by molar-refractivity contribution is -0.152. The smallest absolute Gasteiger partial charge is 0.330 e. The van der Waals surface area contributed by atoms with E-state index in [1.807, 2.05) is 0 Å². The normalized spacial score (nSPS) is 13.3. The van der Waals surface area contributed by atoms with E-state index in [0.29, 0.717) is 28.5 Å². The molecule has 0 saturated heterocycles. The minimum Gasteiger partial charge on any atom is -0.454 e. The van der Waals surface area contributed by atoms with Gasteiger partial charge in [0.05, 0.1) is 16.8 Å². The van der Waals surface area contributed by atoms with Gasteiger partial charge in [-0.1, -0.05) is 55.8 Å². The zero-order valence-corrected chi connectivity index (χ0v) is 28.4. The van der Waals surface area contributed by atoms with Crippen molar-refractivity contribution in [1.82, 2.24) is 4.90 Å². The third-order valence-corrected chi connectivity index (χ3v) is 11.2. The van der Waals surface area contributed by atoms with Gasteiger partial charge in [-0.2, -0.15) is 0 Å². The number of amides is 3. The summed E-state index contributed by atoms with van der Waals surface area (Å²) in [7, 11) is 0. The summed E-state index contributed by atoms with van der Waals surface area (Å²) in [5.74, 6) is -3.94. The molecule has 1 atom stereocenters. The Kier molecular flexibility index (Phi) is 9.90. The zero-order valence-electron chi connectivity index (χ0n) is 21.3. The summed E-state index contributed by atoms with van der Waals surface area (Å²) >= 11 is 19.6. The third-order valence-electron chi connectivity index (χ3n) is 6.17. The van der Waals surface area contributed by atoms with Gasteiger partial charge < -0.3 is 10.1 Å². The fraction of sp³-hybridized carbons (Fsp3) is 0.179. The highest BCUT2D eigenvalue weighted by Gasteiger charge is 2.48. The molecule has 0 fully saturated rings. The van der Waals surface area contributed by atoms with Gasteiger partial charge in [0.2, 0.25) is 0 Å². The van der Waals surface area contributed by atoms with Crippen molar-refractivity contribution in [2.75, 3.05) is 11.9 Å². The quantitative estimate of drug-likeness (QED) is 0.0833. The zero-order chi connectivity index (χ0) is 30.2. The summed E-state index contributed by atoms with van der Waals surface area (Å²) in [6, 6.07) is 11.6. The van der Waals surface area contributed by atoms with Crippen LogP contribution in [0.4, 0.5) is 5.69 Å². The average Bonchev–Trinajstić information content (AvgIpc) is 3.20. The molecule has 4 rings (SSSR count). The molecule has 1 unspecified atom stereocenters. The number of benzene rings is 3. The van der Waals surface area contributed by atoms with Gasteiger partial charge in [-0.3, -0.25) is 24.1 Å². The summed E-state index contributed by atoms with van der Waals surface area (Å²) in [5, 5.41) is 2.87. The summed E-state index contributed by atoms with van der Waals surface area (Å²) < 4.78 is 7.00. The lowest BCUT2D eigenvalue weighted by Crippen LogP contribution is -2.49. The number of anilines is 1. The van der Waals surface area contributed by atoms with Crippen LogP contribution in [0.15, 0.2) is 66.4 Å². The first-order chi connectivity index (χ1) is 19.3. The van der Waals surface area contributed by atoms with Crippen LogP contribution in [0, 0.1) is 5.92 Å². The topological polar surface area (TPSA) is 110 Å². The summed E-state index contributed by atoms with van der Waals surface area (Å²) in [6.45, 7) is 2.58. The summed E-state index contributed by atoms with van der Waals surface area (Å²) in [5.41, 5.74) is 0.909. The Morgan fingerprint density at radius 3 is 1.98 bits per heavy atom. The number of ketones is 1. The highest BCUT2D eigenvalue weighted by Crippen LogP contribution is 2.46. The second-order valence-corrected chi connectivity index (χ2v) is 12.8. The van der Waals surface area contributed by atoms with E-state index < -0.39 is 42.3 Å². The fourth-order valence-electron chi connectivity index (χ4n) is 4.26. The fourth-order valence-corrected chi connectivity index (χ4v) is 6.89. The van der Waals surface area contributed by atoms with Gasteiger partial charge in [-0.25, -0.2) is 4.79 Å². The van der Waals surface area contributed by atoms with Gasteiger partial charge in [0, 0.05) is 34.0 Å². The number of imide groups is 1. The van der Waals surface area contributed by atoms with Crippen LogP contribution in [0.25, 0.3) is 0 Å². The molecule has 1 aliphatic rings. The van der Waals surface area contributed by atoms with Crippen LogP contribution in [-0.4, -0.2) is 47.0 Å². The van der Waals surface area contributed by atoms with Crippen molar-refractivity contribution in [2.45, 2.75) is 19.9 Å². The van der Waals surface area contributed by atoms with E-state index in [1.54, 1.807) is 44.2 Å². The summed E-state index contributed by atoms with van der Waals surface area (Å²) in [4.78, 5) is 66.7. The number of hydrogen-bond acceptors (Lipinski definition) is 6. The molecular weight excluding hydrogens is 815 g/mol. The first-order valence-corrected chi connectivity index (χ1v) is 15.5. The minimum atomic E-state index is -1.31. The van der Waals surface area contributed by atoms with Crippen LogP contribution in [0.5, 0.6) is 0 Å². The number of nitrogens with zero attached hydrogens (tertiary/aromatic N) is 1. The van der Waals surface area contributed by atoms with E-state index in [-0.39, 0.29) is 28.2 Å². The molecule has 0 bridgehead atoms. The molecule has 0 aromatic heterocycles. The standard InChI is InChI=1S/C28H19Br4ClN2O6/c1-12(2)24(35-26(38)18-19(27(35)39)21(30)23(32)22(31)20(18)29)28(40)41-11-17(36)34-16-9-8-14(33)10-15(16)25(37)13-6-4-3-5-7-13/h3-10,12,24H,11H2,1-2H3,(H,34,36). The maximum atomic E-state index is 13.4. The van der Waals surface area contributed by atoms with E-state index >= 15 is 0 Å². The first kappa shape index (κ1) is 31.6. The van der Waals surface area contributed by atoms with Crippen LogP contribution in [-0.2, 0) is 14.3 Å². The molecule has 13 heteroatoms. The Labute approximate surface area is 273 Å². The SMILES string of the molecule is CC(C)C(C(=O)OCC(=O)Nc1ccc(Cl)cc1C(=O)c1ccccc1)N1C(=O)c2c(Br)c(Br)c(Br)c(Br)c2C1=O. The van der Waals surface area contributed by atoms with Gasteiger partial charge in [0.25, 0.3) is 17.7 Å². The predicted molar refractivity (Wildman–Crippen MR) is 167 cm³/mol. The molecule has 0 spiro atoms. The van der Waals surface area contributed by atoms with Crippen molar-refractivity contribution in [3.63, 3.8) is 0 Å². The van der Waals surface area contributed by atoms with Crippen molar-refractivity contribution in [3.05, 3.63) is 93.7 Å². The second kappa shape index (κ2) is 12.9. The predicted octanol–water partition coefficient (Wildman–Crippen LogP) is 7.42. The molecule has 3 aromatic rings. The van der Waals surface area contributed by atoms with E-state index in [2.05, 4.69) is 69.0 Å². The molecule has 41 heavy (non-hydrogen) atoms. The number of ether oxygens (including phenoxy) is 1. The highest BCUT2D eigenvalue weighted by atomic mass is 79.9. The number of carbonyl (C=O) groups excluding carboxylic acids is 5. The third kappa shape index (κ3) is 6.22. The number of carbonyl (C=O) groups is 5. The molecule has 3 amide bonds. The minimum absolute atomic E-state index is 0.0893. The molecular formula is C28H19Br4ClN2O6. The van der Waals surface area contributed by atoms with Gasteiger partial charge in [0.15, 0.2) is 12.4 Å². The number of halogens is 5. The van der Waals surface area contributed by atoms with Crippen molar-refractivity contribution < 1.29 is 28.7 Å². The van der Waals surface area contributed by atoms with Crippen molar-refractivity contribution in [2.24, 2.45) is 5.92 Å². The number of nitrogens with one attached hydrogen (secondary N) is 1. The van der Waals surface area contributed by atoms with Crippen LogP contribution >= 0.6 is 75.3 Å². The number of rotatable bonds is 8. The largest absolute Gasteiger partial charge is 0.454 e. The Morgan fingerprint density at radius 1 is 0.878 bits per heavy atom. The monoisotopic (exact) mass is 830 g/mol. The van der Waals surface area contributed by atoms with Crippen LogP contribution < -0.4 is 5.32 Å². The van der Waals surface area contributed by atoms with E-state index in [9.17, 15) is 24.0 Å². The average molecular weight is 835 g/mol. The molecule has 0 saturated carbocycles. The Hall–Kier alpha value is -2.38. The number of fused-ring (bicyclic) bond motifs is 1. The van der Waals surface area contributed by atoms with Crippen molar-refractivity contribution >= 4 is 110 Å². The number of hydrogen-bond donors (Lipinski definition) is 1.